The van der Waals surface area contributed by atoms with Crippen LogP contribution in [0.15, 0.2) is 53.1 Å². The Kier molecular flexibility index (Phi) is 3.35. The van der Waals surface area contributed by atoms with E-state index in [2.05, 4.69) is 0 Å². The zero-order valence-electron chi connectivity index (χ0n) is 8.96. The van der Waals surface area contributed by atoms with Crippen molar-refractivity contribution in [2.45, 2.75) is 6.61 Å². The van der Waals surface area contributed by atoms with Gasteiger partial charge in [-0.15, -0.1) is 0 Å². The highest BCUT2D eigenvalue weighted by molar-refractivity contribution is 6.39. The van der Waals surface area contributed by atoms with Gasteiger partial charge >= 0.3 is 11.8 Å². The number of hydrogen-bond donors (Lipinski definition) is 0. The summed E-state index contributed by atoms with van der Waals surface area (Å²) in [5, 5.41) is 0. The number of benzene rings is 1. The lowest BCUT2D eigenvalue weighted by molar-refractivity contribution is -0.139. The maximum atomic E-state index is 11.5. The van der Waals surface area contributed by atoms with Gasteiger partial charge in [0.25, 0.3) is 0 Å². The Labute approximate surface area is 97.8 Å². The molecule has 1 aromatic carbocycles. The molecule has 4 heteroatoms. The van der Waals surface area contributed by atoms with E-state index in [1.54, 1.807) is 0 Å². The molecule has 0 saturated heterocycles. The quantitative estimate of drug-likeness (QED) is 0.459. The van der Waals surface area contributed by atoms with Gasteiger partial charge in [-0.05, 0) is 17.7 Å². The van der Waals surface area contributed by atoms with Crippen LogP contribution in [0.25, 0.3) is 0 Å². The van der Waals surface area contributed by atoms with Crippen molar-refractivity contribution in [2.75, 3.05) is 0 Å². The predicted molar refractivity (Wildman–Crippen MR) is 59.3 cm³/mol. The number of ketones is 1. The lowest BCUT2D eigenvalue weighted by Gasteiger charge is -2.02. The van der Waals surface area contributed by atoms with E-state index in [1.165, 1.54) is 18.4 Å². The molecule has 2 rings (SSSR count). The number of ether oxygens (including phenoxy) is 1. The van der Waals surface area contributed by atoms with Gasteiger partial charge < -0.3 is 9.15 Å². The van der Waals surface area contributed by atoms with Crippen molar-refractivity contribution < 1.29 is 18.7 Å². The van der Waals surface area contributed by atoms with Crippen LogP contribution in [-0.2, 0) is 16.1 Å². The minimum absolute atomic E-state index is 0.0111. The van der Waals surface area contributed by atoms with Crippen LogP contribution < -0.4 is 0 Å². The molecule has 1 heterocycles. The molecule has 0 atom stereocenters. The largest absolute Gasteiger partial charge is 0.461 e. The molecular weight excluding hydrogens is 220 g/mol. The lowest BCUT2D eigenvalue weighted by Crippen LogP contribution is -2.16. The van der Waals surface area contributed by atoms with Crippen molar-refractivity contribution in [3.8, 4) is 0 Å². The Morgan fingerprint density at radius 1 is 1.06 bits per heavy atom. The summed E-state index contributed by atoms with van der Waals surface area (Å²) in [4.78, 5) is 22.8. The highest BCUT2D eigenvalue weighted by Crippen LogP contribution is 2.05. The molecule has 0 amide bonds. The van der Waals surface area contributed by atoms with E-state index < -0.39 is 11.8 Å². The first kappa shape index (κ1) is 11.1. The number of esters is 1. The molecule has 0 fully saturated rings. The van der Waals surface area contributed by atoms with Gasteiger partial charge in [0.15, 0.2) is 5.76 Å². The summed E-state index contributed by atoms with van der Waals surface area (Å²) in [6, 6.07) is 12.1. The third-order valence-corrected chi connectivity index (χ3v) is 2.14. The van der Waals surface area contributed by atoms with Crippen molar-refractivity contribution in [1.82, 2.24) is 0 Å². The average Bonchev–Trinajstić information content (AvgIpc) is 2.90. The van der Waals surface area contributed by atoms with Crippen molar-refractivity contribution in [2.24, 2.45) is 0 Å². The molecular formula is C13H10O4. The van der Waals surface area contributed by atoms with Gasteiger partial charge in [0.05, 0.1) is 6.26 Å². The molecule has 2 aromatic rings. The lowest BCUT2D eigenvalue weighted by atomic mass is 10.2. The van der Waals surface area contributed by atoms with Gasteiger partial charge in [-0.2, -0.15) is 0 Å². The fourth-order valence-electron chi connectivity index (χ4n) is 1.30. The molecule has 17 heavy (non-hydrogen) atoms. The Hall–Kier alpha value is -2.36. The molecule has 4 nitrogen and oxygen atoms in total. The number of furan rings is 1. The molecule has 0 bridgehead atoms. The minimum atomic E-state index is -0.913. The summed E-state index contributed by atoms with van der Waals surface area (Å²) in [5.74, 6) is -1.70. The Morgan fingerprint density at radius 3 is 2.47 bits per heavy atom. The second-order valence-electron chi connectivity index (χ2n) is 3.37. The van der Waals surface area contributed by atoms with E-state index >= 15 is 0 Å². The average molecular weight is 230 g/mol. The highest BCUT2D eigenvalue weighted by atomic mass is 16.5. The first-order valence-corrected chi connectivity index (χ1v) is 5.06. The van der Waals surface area contributed by atoms with Crippen LogP contribution in [-0.4, -0.2) is 11.8 Å². The van der Waals surface area contributed by atoms with Crippen LogP contribution in [0.5, 0.6) is 0 Å². The fourth-order valence-corrected chi connectivity index (χ4v) is 1.30. The first-order valence-electron chi connectivity index (χ1n) is 5.06. The van der Waals surface area contributed by atoms with Gasteiger partial charge in [0.2, 0.25) is 0 Å². The maximum absolute atomic E-state index is 11.5. The Morgan fingerprint density at radius 2 is 1.82 bits per heavy atom. The summed E-state index contributed by atoms with van der Waals surface area (Å²) >= 11 is 0. The molecule has 0 aliphatic carbocycles. The molecule has 86 valence electrons. The van der Waals surface area contributed by atoms with Gasteiger partial charge in [-0.1, -0.05) is 30.3 Å². The van der Waals surface area contributed by atoms with E-state index in [0.717, 1.165) is 5.56 Å². The Balaban J connectivity index is 1.92. The molecule has 0 aliphatic heterocycles. The molecule has 0 unspecified atom stereocenters. The predicted octanol–water partition coefficient (Wildman–Crippen LogP) is 2.21. The van der Waals surface area contributed by atoms with Crippen molar-refractivity contribution >= 4 is 11.8 Å². The molecule has 0 spiro atoms. The van der Waals surface area contributed by atoms with Gasteiger partial charge in [-0.25, -0.2) is 4.79 Å². The first-order chi connectivity index (χ1) is 8.27. The monoisotopic (exact) mass is 230 g/mol. The summed E-state index contributed by atoms with van der Waals surface area (Å²) in [6.07, 6.45) is 1.33. The number of rotatable bonds is 4. The van der Waals surface area contributed by atoms with E-state index in [0.29, 0.717) is 0 Å². The summed E-state index contributed by atoms with van der Waals surface area (Å²) in [6.45, 7) is 0.0755. The van der Waals surface area contributed by atoms with Crippen molar-refractivity contribution in [3.05, 3.63) is 60.1 Å². The summed E-state index contributed by atoms with van der Waals surface area (Å²) < 4.78 is 9.68. The number of carbonyl (C=O) groups is 2. The number of carbonyl (C=O) groups excluding carboxylic acids is 2. The van der Waals surface area contributed by atoms with Crippen molar-refractivity contribution in [3.63, 3.8) is 0 Å². The second kappa shape index (κ2) is 5.12. The second-order valence-corrected chi connectivity index (χ2v) is 3.37. The standard InChI is InChI=1S/C13H10O4/c14-12(11-7-4-8-16-11)13(15)17-9-10-5-2-1-3-6-10/h1-8H,9H2. The third kappa shape index (κ3) is 2.81. The smallest absolute Gasteiger partial charge is 0.383 e. The topological polar surface area (TPSA) is 56.5 Å². The molecule has 0 aliphatic rings. The van der Waals surface area contributed by atoms with Gasteiger partial charge in [0, 0.05) is 0 Å². The summed E-state index contributed by atoms with van der Waals surface area (Å²) in [5.41, 5.74) is 0.827. The molecule has 0 radical (unpaired) electrons. The SMILES string of the molecule is O=C(OCc1ccccc1)C(=O)c1ccco1. The van der Waals surface area contributed by atoms with Gasteiger partial charge in [0.1, 0.15) is 6.61 Å². The van der Waals surface area contributed by atoms with Crippen LogP contribution >= 0.6 is 0 Å². The van der Waals surface area contributed by atoms with Crippen LogP contribution in [0.3, 0.4) is 0 Å². The van der Waals surface area contributed by atoms with Crippen LogP contribution in [0.2, 0.25) is 0 Å². The number of Topliss-reactive ketones (excluding diaryl/α,β-unsaturated/α-hetero) is 1. The molecule has 0 saturated carbocycles. The van der Waals surface area contributed by atoms with Crippen LogP contribution in [0, 0.1) is 0 Å². The zero-order chi connectivity index (χ0) is 12.1. The maximum Gasteiger partial charge on any atom is 0.383 e. The zero-order valence-corrected chi connectivity index (χ0v) is 8.96. The Bertz CT molecular complexity index is 499. The highest BCUT2D eigenvalue weighted by Gasteiger charge is 2.20. The summed E-state index contributed by atoms with van der Waals surface area (Å²) in [7, 11) is 0. The van der Waals surface area contributed by atoms with Crippen LogP contribution in [0.4, 0.5) is 0 Å². The van der Waals surface area contributed by atoms with Crippen molar-refractivity contribution in [1.29, 1.82) is 0 Å². The fraction of sp³-hybridized carbons (Fsp3) is 0.0769. The van der Waals surface area contributed by atoms with Crippen LogP contribution in [0.1, 0.15) is 16.1 Å². The van der Waals surface area contributed by atoms with E-state index in [-0.39, 0.29) is 12.4 Å². The van der Waals surface area contributed by atoms with Gasteiger partial charge in [-0.3, -0.25) is 4.79 Å². The minimum Gasteiger partial charge on any atom is -0.461 e. The molecule has 1 aromatic heterocycles. The number of hydrogen-bond acceptors (Lipinski definition) is 4. The third-order valence-electron chi connectivity index (χ3n) is 2.14. The van der Waals surface area contributed by atoms with E-state index in [1.807, 2.05) is 30.3 Å². The normalized spacial score (nSPS) is 9.88. The van der Waals surface area contributed by atoms with E-state index in [4.69, 9.17) is 9.15 Å². The van der Waals surface area contributed by atoms with E-state index in [9.17, 15) is 9.59 Å². The molecule has 0 N–H and O–H groups in total.